The predicted octanol–water partition coefficient (Wildman–Crippen LogP) is 4.04. The van der Waals surface area contributed by atoms with Crippen LogP contribution in [0.2, 0.25) is 0 Å². The average molecular weight is 208 g/mol. The summed E-state index contributed by atoms with van der Waals surface area (Å²) in [4.78, 5) is 10.9. The van der Waals surface area contributed by atoms with Crippen LogP contribution in [0.15, 0.2) is 18.2 Å². The first-order valence-corrected chi connectivity index (χ1v) is 5.27. The molecule has 82 valence electrons. The molecule has 0 radical (unpaired) electrons. The number of carbonyl (C=O) groups is 1. The number of halogens is 1. The van der Waals surface area contributed by atoms with Crippen LogP contribution >= 0.6 is 0 Å². The normalized spacial score (nSPS) is 11.1. The zero-order valence-corrected chi connectivity index (χ0v) is 9.67. The third kappa shape index (κ3) is 2.65. The molecule has 0 fully saturated rings. The van der Waals surface area contributed by atoms with Gasteiger partial charge in [0, 0.05) is 0 Å². The van der Waals surface area contributed by atoms with Crippen LogP contribution in [0, 0.1) is 0 Å². The number of carbonyl (C=O) groups excluding carboxylic acids is 1. The van der Waals surface area contributed by atoms with Crippen LogP contribution in [-0.4, -0.2) is 6.04 Å². The summed E-state index contributed by atoms with van der Waals surface area (Å²) in [5, 5.41) is 0. The fraction of sp³-hybridized carbons (Fsp3) is 0.462. The van der Waals surface area contributed by atoms with Crippen molar-refractivity contribution in [2.24, 2.45) is 0 Å². The SMILES string of the molecule is CC(C)c1ccc(C(C)C)c(C(=O)F)c1. The zero-order chi connectivity index (χ0) is 11.6. The van der Waals surface area contributed by atoms with Crippen molar-refractivity contribution in [3.8, 4) is 0 Å². The second-order valence-corrected chi connectivity index (χ2v) is 4.43. The highest BCUT2D eigenvalue weighted by molar-refractivity contribution is 5.90. The highest BCUT2D eigenvalue weighted by atomic mass is 19.1. The summed E-state index contributed by atoms with van der Waals surface area (Å²) in [5.74, 6) is 0.477. The Hall–Kier alpha value is -1.18. The van der Waals surface area contributed by atoms with Gasteiger partial charge >= 0.3 is 6.04 Å². The fourth-order valence-electron chi connectivity index (χ4n) is 1.61. The van der Waals surface area contributed by atoms with E-state index in [0.29, 0.717) is 5.92 Å². The van der Waals surface area contributed by atoms with Crippen molar-refractivity contribution in [3.05, 3.63) is 34.9 Å². The maximum absolute atomic E-state index is 12.9. The van der Waals surface area contributed by atoms with E-state index < -0.39 is 6.04 Å². The quantitative estimate of drug-likeness (QED) is 0.685. The van der Waals surface area contributed by atoms with Gasteiger partial charge < -0.3 is 0 Å². The van der Waals surface area contributed by atoms with Gasteiger partial charge in [0.15, 0.2) is 0 Å². The van der Waals surface area contributed by atoms with Crippen molar-refractivity contribution >= 4 is 6.04 Å². The first-order chi connectivity index (χ1) is 6.93. The Bertz CT molecular complexity index is 367. The summed E-state index contributed by atoms with van der Waals surface area (Å²) in [6.45, 7) is 7.96. The number of rotatable bonds is 3. The van der Waals surface area contributed by atoms with Crippen LogP contribution in [0.4, 0.5) is 4.39 Å². The van der Waals surface area contributed by atoms with E-state index in [1.54, 1.807) is 6.07 Å². The molecule has 0 N–H and O–H groups in total. The van der Waals surface area contributed by atoms with Gasteiger partial charge in [-0.15, -0.1) is 0 Å². The zero-order valence-electron chi connectivity index (χ0n) is 9.67. The van der Waals surface area contributed by atoms with Gasteiger partial charge in [-0.3, -0.25) is 4.79 Å². The lowest BCUT2D eigenvalue weighted by atomic mass is 9.92. The third-order valence-electron chi connectivity index (χ3n) is 2.58. The van der Waals surface area contributed by atoms with Crippen molar-refractivity contribution in [1.29, 1.82) is 0 Å². The molecule has 1 nitrogen and oxygen atoms in total. The minimum absolute atomic E-state index is 0.168. The Balaban J connectivity index is 3.27. The van der Waals surface area contributed by atoms with E-state index in [-0.39, 0.29) is 11.5 Å². The minimum atomic E-state index is -1.33. The van der Waals surface area contributed by atoms with Crippen LogP contribution in [0.3, 0.4) is 0 Å². The van der Waals surface area contributed by atoms with E-state index in [2.05, 4.69) is 0 Å². The molecule has 15 heavy (non-hydrogen) atoms. The van der Waals surface area contributed by atoms with Gasteiger partial charge in [-0.05, 0) is 29.0 Å². The summed E-state index contributed by atoms with van der Waals surface area (Å²) in [6, 6.07) is 4.16. The first kappa shape index (κ1) is 11.9. The molecule has 0 amide bonds. The minimum Gasteiger partial charge on any atom is -0.255 e. The lowest BCUT2D eigenvalue weighted by Gasteiger charge is -2.12. The molecular weight excluding hydrogens is 191 g/mol. The largest absolute Gasteiger partial charge is 0.332 e. The molecule has 0 aromatic heterocycles. The molecule has 0 heterocycles. The molecule has 0 aliphatic carbocycles. The molecule has 1 aromatic carbocycles. The lowest BCUT2D eigenvalue weighted by Crippen LogP contribution is -2.02. The highest BCUT2D eigenvalue weighted by Gasteiger charge is 2.14. The second-order valence-electron chi connectivity index (χ2n) is 4.43. The number of hydrogen-bond donors (Lipinski definition) is 0. The summed E-state index contributed by atoms with van der Waals surface area (Å²) < 4.78 is 12.9. The van der Waals surface area contributed by atoms with Crippen LogP contribution in [0.25, 0.3) is 0 Å². The summed E-state index contributed by atoms with van der Waals surface area (Å²) >= 11 is 0. The van der Waals surface area contributed by atoms with Gasteiger partial charge in [0.25, 0.3) is 0 Å². The Kier molecular flexibility index (Phi) is 3.61. The molecule has 0 aliphatic rings. The second kappa shape index (κ2) is 4.56. The molecule has 1 aromatic rings. The van der Waals surface area contributed by atoms with Crippen molar-refractivity contribution < 1.29 is 9.18 Å². The lowest BCUT2D eigenvalue weighted by molar-refractivity contribution is 0.0834. The van der Waals surface area contributed by atoms with Gasteiger partial charge in [-0.2, -0.15) is 4.39 Å². The van der Waals surface area contributed by atoms with Crippen LogP contribution < -0.4 is 0 Å². The topological polar surface area (TPSA) is 17.1 Å². The molecule has 0 aliphatic heterocycles. The van der Waals surface area contributed by atoms with Gasteiger partial charge in [0.05, 0.1) is 5.56 Å². The van der Waals surface area contributed by atoms with E-state index in [4.69, 9.17) is 0 Å². The predicted molar refractivity (Wildman–Crippen MR) is 60.1 cm³/mol. The van der Waals surface area contributed by atoms with Crippen LogP contribution in [0.5, 0.6) is 0 Å². The monoisotopic (exact) mass is 208 g/mol. The Morgan fingerprint density at radius 2 is 1.73 bits per heavy atom. The fourth-order valence-corrected chi connectivity index (χ4v) is 1.61. The van der Waals surface area contributed by atoms with Crippen molar-refractivity contribution in [2.75, 3.05) is 0 Å². The molecule has 1 rings (SSSR count). The van der Waals surface area contributed by atoms with E-state index in [1.165, 1.54) is 0 Å². The van der Waals surface area contributed by atoms with Crippen molar-refractivity contribution in [3.63, 3.8) is 0 Å². The van der Waals surface area contributed by atoms with Gasteiger partial charge in [0.2, 0.25) is 0 Å². The van der Waals surface area contributed by atoms with Gasteiger partial charge in [-0.1, -0.05) is 39.8 Å². The van der Waals surface area contributed by atoms with E-state index in [0.717, 1.165) is 11.1 Å². The Morgan fingerprint density at radius 1 is 1.13 bits per heavy atom. The van der Waals surface area contributed by atoms with Crippen LogP contribution in [-0.2, 0) is 0 Å². The summed E-state index contributed by atoms with van der Waals surface area (Å²) in [7, 11) is 0. The van der Waals surface area contributed by atoms with Gasteiger partial charge in [0.1, 0.15) is 0 Å². The molecule has 0 spiro atoms. The van der Waals surface area contributed by atoms with Gasteiger partial charge in [-0.25, -0.2) is 0 Å². The molecule has 0 unspecified atom stereocenters. The molecule has 0 bridgehead atoms. The smallest absolute Gasteiger partial charge is 0.255 e. The molecular formula is C13H17FO. The molecule has 2 heteroatoms. The number of benzene rings is 1. The first-order valence-electron chi connectivity index (χ1n) is 5.27. The maximum atomic E-state index is 12.9. The van der Waals surface area contributed by atoms with Crippen LogP contribution in [0.1, 0.15) is 61.0 Å². The van der Waals surface area contributed by atoms with E-state index in [1.807, 2.05) is 39.8 Å². The summed E-state index contributed by atoms with van der Waals surface area (Å²) in [5.41, 5.74) is 2.00. The molecule has 0 saturated heterocycles. The molecule has 0 saturated carbocycles. The third-order valence-corrected chi connectivity index (χ3v) is 2.58. The highest BCUT2D eigenvalue weighted by Crippen LogP contribution is 2.24. The van der Waals surface area contributed by atoms with Crippen molar-refractivity contribution in [1.82, 2.24) is 0 Å². The molecule has 0 atom stereocenters. The Labute approximate surface area is 90.3 Å². The number of hydrogen-bond acceptors (Lipinski definition) is 1. The van der Waals surface area contributed by atoms with E-state index in [9.17, 15) is 9.18 Å². The van der Waals surface area contributed by atoms with Crippen molar-refractivity contribution in [2.45, 2.75) is 39.5 Å². The average Bonchev–Trinajstić information content (AvgIpc) is 2.16. The Morgan fingerprint density at radius 3 is 2.13 bits per heavy atom. The maximum Gasteiger partial charge on any atom is 0.332 e. The van der Waals surface area contributed by atoms with E-state index >= 15 is 0 Å². The standard InChI is InChI=1S/C13H17FO/c1-8(2)10-5-6-11(9(3)4)12(7-10)13(14)15/h5-9H,1-4H3. The summed E-state index contributed by atoms with van der Waals surface area (Å²) in [6.07, 6.45) is 0.